The van der Waals surface area contributed by atoms with Crippen molar-refractivity contribution in [3.8, 4) is 0 Å². The number of aliphatic hydroxyl groups excluding tert-OH is 1. The largest absolute Gasteiger partial charge is 0.385 e. The summed E-state index contributed by atoms with van der Waals surface area (Å²) in [5, 5.41) is 17.7. The molecule has 86 valence electrons. The van der Waals surface area contributed by atoms with Crippen LogP contribution in [0.25, 0.3) is 0 Å². The molecule has 1 unspecified atom stereocenters. The van der Waals surface area contributed by atoms with Gasteiger partial charge in [-0.15, -0.1) is 0 Å². The first-order valence-electron chi connectivity index (χ1n) is 5.19. The Hall–Kier alpha value is -0.580. The zero-order valence-electron chi connectivity index (χ0n) is 9.37. The topological polar surface area (TPSA) is 50.1 Å². The summed E-state index contributed by atoms with van der Waals surface area (Å²) in [6.45, 7) is 7.33. The van der Waals surface area contributed by atoms with Crippen LogP contribution in [0.2, 0.25) is 5.02 Å². The number of hydrogen-bond acceptors (Lipinski definition) is 3. The van der Waals surface area contributed by atoms with E-state index >= 15 is 0 Å². The van der Waals surface area contributed by atoms with Gasteiger partial charge in [-0.3, -0.25) is 4.68 Å². The fraction of sp³-hybridized carbons (Fsp3) is 0.700. The Morgan fingerprint density at radius 2 is 2.27 bits per heavy atom. The number of aromatic nitrogens is 2. The van der Waals surface area contributed by atoms with Crippen molar-refractivity contribution in [3.05, 3.63) is 16.9 Å². The van der Waals surface area contributed by atoms with Crippen molar-refractivity contribution >= 4 is 11.6 Å². The van der Waals surface area contributed by atoms with Crippen LogP contribution in [0.5, 0.6) is 0 Å². The molecule has 5 heteroatoms. The van der Waals surface area contributed by atoms with E-state index in [0.717, 1.165) is 6.54 Å². The Balaban J connectivity index is 2.85. The first-order chi connectivity index (χ1) is 7.07. The number of aliphatic hydroxyl groups is 1. The third kappa shape index (κ3) is 2.93. The molecule has 2 N–H and O–H groups in total. The van der Waals surface area contributed by atoms with Crippen molar-refractivity contribution in [1.82, 2.24) is 15.1 Å². The molecule has 0 bridgehead atoms. The second-order valence-electron chi connectivity index (χ2n) is 3.74. The highest BCUT2D eigenvalue weighted by Crippen LogP contribution is 2.24. The smallest absolute Gasteiger partial charge is 0.110 e. The highest BCUT2D eigenvalue weighted by Gasteiger charge is 2.18. The minimum Gasteiger partial charge on any atom is -0.385 e. The third-order valence-electron chi connectivity index (χ3n) is 2.18. The Morgan fingerprint density at radius 3 is 2.80 bits per heavy atom. The number of nitrogens with zero attached hydrogens (tertiary/aromatic N) is 2. The quantitative estimate of drug-likeness (QED) is 0.812. The Bertz CT molecular complexity index is 312. The molecular formula is C10H18ClN3O. The first-order valence-corrected chi connectivity index (χ1v) is 5.57. The van der Waals surface area contributed by atoms with Crippen molar-refractivity contribution < 1.29 is 5.11 Å². The van der Waals surface area contributed by atoms with Crippen molar-refractivity contribution in [3.63, 3.8) is 0 Å². The van der Waals surface area contributed by atoms with Gasteiger partial charge in [0.1, 0.15) is 6.10 Å². The van der Waals surface area contributed by atoms with E-state index in [9.17, 15) is 5.11 Å². The molecule has 4 nitrogen and oxygen atoms in total. The van der Waals surface area contributed by atoms with Gasteiger partial charge in [-0.25, -0.2) is 0 Å². The summed E-state index contributed by atoms with van der Waals surface area (Å²) in [5.41, 5.74) is 0.688. The van der Waals surface area contributed by atoms with E-state index in [-0.39, 0.29) is 6.04 Å². The Labute approximate surface area is 95.2 Å². The van der Waals surface area contributed by atoms with E-state index < -0.39 is 6.10 Å². The van der Waals surface area contributed by atoms with Crippen molar-refractivity contribution in [2.75, 3.05) is 13.1 Å². The fourth-order valence-electron chi connectivity index (χ4n) is 1.45. The molecule has 1 atom stereocenters. The van der Waals surface area contributed by atoms with Crippen LogP contribution < -0.4 is 5.32 Å². The summed E-state index contributed by atoms with van der Waals surface area (Å²) in [6.07, 6.45) is 0.967. The van der Waals surface area contributed by atoms with Gasteiger partial charge in [-0.2, -0.15) is 5.10 Å². The van der Waals surface area contributed by atoms with E-state index in [1.54, 1.807) is 10.9 Å². The predicted octanol–water partition coefficient (Wildman–Crippen LogP) is 1.76. The molecule has 1 aromatic heterocycles. The van der Waals surface area contributed by atoms with Crippen molar-refractivity contribution in [1.29, 1.82) is 0 Å². The minimum absolute atomic E-state index is 0.198. The summed E-state index contributed by atoms with van der Waals surface area (Å²) >= 11 is 5.99. The third-order valence-corrected chi connectivity index (χ3v) is 2.47. The average Bonchev–Trinajstić information content (AvgIpc) is 2.56. The number of halogens is 1. The van der Waals surface area contributed by atoms with E-state index in [1.165, 1.54) is 0 Å². The molecule has 0 aliphatic rings. The molecular weight excluding hydrogens is 214 g/mol. The monoisotopic (exact) mass is 231 g/mol. The van der Waals surface area contributed by atoms with Crippen LogP contribution in [0.3, 0.4) is 0 Å². The number of hydrogen-bond donors (Lipinski definition) is 2. The number of likely N-dealkylation sites (N-methyl/N-ethyl adjacent to an activating group) is 1. The van der Waals surface area contributed by atoms with Gasteiger partial charge in [0.05, 0.1) is 16.9 Å². The molecule has 0 radical (unpaired) electrons. The van der Waals surface area contributed by atoms with Crippen LogP contribution in [0.4, 0.5) is 0 Å². The summed E-state index contributed by atoms with van der Waals surface area (Å²) in [5.74, 6) is 0. The average molecular weight is 232 g/mol. The van der Waals surface area contributed by atoms with Gasteiger partial charge >= 0.3 is 0 Å². The van der Waals surface area contributed by atoms with Gasteiger partial charge in [0.25, 0.3) is 0 Å². The summed E-state index contributed by atoms with van der Waals surface area (Å²) in [4.78, 5) is 0. The van der Waals surface area contributed by atoms with Gasteiger partial charge < -0.3 is 10.4 Å². The van der Waals surface area contributed by atoms with Gasteiger partial charge in [-0.05, 0) is 20.4 Å². The molecule has 1 heterocycles. The van der Waals surface area contributed by atoms with E-state index in [4.69, 9.17) is 11.6 Å². The number of rotatable bonds is 5. The lowest BCUT2D eigenvalue weighted by Gasteiger charge is -2.16. The molecule has 0 aliphatic heterocycles. The maximum atomic E-state index is 9.94. The molecule has 0 amide bonds. The van der Waals surface area contributed by atoms with E-state index in [0.29, 0.717) is 17.3 Å². The molecule has 0 spiro atoms. The lowest BCUT2D eigenvalue weighted by Crippen LogP contribution is -2.23. The maximum absolute atomic E-state index is 9.94. The molecule has 1 rings (SSSR count). The maximum Gasteiger partial charge on any atom is 0.110 e. The second-order valence-corrected chi connectivity index (χ2v) is 4.15. The Kier molecular flexibility index (Phi) is 4.57. The second kappa shape index (κ2) is 5.49. The molecule has 0 saturated heterocycles. The predicted molar refractivity (Wildman–Crippen MR) is 61.1 cm³/mol. The van der Waals surface area contributed by atoms with Crippen LogP contribution >= 0.6 is 11.6 Å². The van der Waals surface area contributed by atoms with Crippen LogP contribution in [-0.2, 0) is 0 Å². The Morgan fingerprint density at radius 1 is 1.60 bits per heavy atom. The standard InChI is InChI=1S/C10H18ClN3O/c1-4-12-6-9(15)10-8(11)5-13-14(10)7(2)3/h5,7,9,12,15H,4,6H2,1-3H3. The van der Waals surface area contributed by atoms with Crippen LogP contribution in [0.15, 0.2) is 6.20 Å². The van der Waals surface area contributed by atoms with Gasteiger partial charge in [0.15, 0.2) is 0 Å². The normalized spacial score (nSPS) is 13.5. The van der Waals surface area contributed by atoms with Crippen molar-refractivity contribution in [2.24, 2.45) is 0 Å². The highest BCUT2D eigenvalue weighted by molar-refractivity contribution is 6.31. The van der Waals surface area contributed by atoms with Crippen LogP contribution in [0.1, 0.15) is 38.6 Å². The molecule has 0 saturated carbocycles. The lowest BCUT2D eigenvalue weighted by molar-refractivity contribution is 0.162. The van der Waals surface area contributed by atoms with Crippen LogP contribution in [-0.4, -0.2) is 28.0 Å². The number of nitrogens with one attached hydrogen (secondary N) is 1. The van der Waals surface area contributed by atoms with E-state index in [2.05, 4.69) is 10.4 Å². The lowest BCUT2D eigenvalue weighted by atomic mass is 10.2. The zero-order valence-corrected chi connectivity index (χ0v) is 10.1. The van der Waals surface area contributed by atoms with Gasteiger partial charge in [-0.1, -0.05) is 18.5 Å². The molecule has 0 fully saturated rings. The van der Waals surface area contributed by atoms with Gasteiger partial charge in [0, 0.05) is 12.6 Å². The summed E-state index contributed by atoms with van der Waals surface area (Å²) < 4.78 is 1.75. The molecule has 0 aliphatic carbocycles. The molecule has 1 aromatic rings. The SMILES string of the molecule is CCNCC(O)c1c(Cl)cnn1C(C)C. The summed E-state index contributed by atoms with van der Waals surface area (Å²) in [6, 6.07) is 0.198. The van der Waals surface area contributed by atoms with Crippen molar-refractivity contribution in [2.45, 2.75) is 32.9 Å². The highest BCUT2D eigenvalue weighted by atomic mass is 35.5. The fourth-order valence-corrected chi connectivity index (χ4v) is 1.71. The molecule has 0 aromatic carbocycles. The van der Waals surface area contributed by atoms with Gasteiger partial charge in [0.2, 0.25) is 0 Å². The minimum atomic E-state index is -0.609. The zero-order chi connectivity index (χ0) is 11.4. The molecule has 15 heavy (non-hydrogen) atoms. The van der Waals surface area contributed by atoms with E-state index in [1.807, 2.05) is 20.8 Å². The van der Waals surface area contributed by atoms with Crippen LogP contribution in [0, 0.1) is 0 Å². The summed E-state index contributed by atoms with van der Waals surface area (Å²) in [7, 11) is 0. The first kappa shape index (κ1) is 12.5.